The van der Waals surface area contributed by atoms with Crippen molar-refractivity contribution in [3.63, 3.8) is 0 Å². The van der Waals surface area contributed by atoms with Crippen molar-refractivity contribution in [1.29, 1.82) is 0 Å². The topological polar surface area (TPSA) is 68.5 Å². The van der Waals surface area contributed by atoms with Crippen molar-refractivity contribution in [1.82, 2.24) is 15.0 Å². The lowest BCUT2D eigenvalue weighted by Crippen LogP contribution is -2.38. The van der Waals surface area contributed by atoms with E-state index in [1.807, 2.05) is 6.92 Å². The summed E-state index contributed by atoms with van der Waals surface area (Å²) in [6, 6.07) is 0. The fourth-order valence-electron chi connectivity index (χ4n) is 2.26. The number of hydrogen-bond donors (Lipinski definition) is 0. The first-order chi connectivity index (χ1) is 8.72. The van der Waals surface area contributed by atoms with Crippen molar-refractivity contribution in [3.8, 4) is 0 Å². The summed E-state index contributed by atoms with van der Waals surface area (Å²) in [5.74, 6) is 1.20. The molecule has 0 radical (unpaired) electrons. The molecule has 6 nitrogen and oxygen atoms in total. The van der Waals surface area contributed by atoms with Gasteiger partial charge in [-0.05, 0) is 19.4 Å². The summed E-state index contributed by atoms with van der Waals surface area (Å²) in [4.78, 5) is 18.0. The highest BCUT2D eigenvalue weighted by Crippen LogP contribution is 2.19. The highest BCUT2D eigenvalue weighted by atomic mass is 16.5. The zero-order valence-corrected chi connectivity index (χ0v) is 10.9. The maximum atomic E-state index is 11.5. The Morgan fingerprint density at radius 2 is 2.44 bits per heavy atom. The zero-order valence-electron chi connectivity index (χ0n) is 10.9. The summed E-state index contributed by atoms with van der Waals surface area (Å²) < 4.78 is 9.87. The van der Waals surface area contributed by atoms with Crippen molar-refractivity contribution in [2.24, 2.45) is 5.92 Å². The molecule has 2 heterocycles. The number of methoxy groups -OCH3 is 1. The second kappa shape index (κ2) is 5.95. The molecule has 1 aliphatic rings. The Labute approximate surface area is 106 Å². The van der Waals surface area contributed by atoms with Gasteiger partial charge in [-0.1, -0.05) is 12.1 Å². The van der Waals surface area contributed by atoms with Crippen molar-refractivity contribution in [3.05, 3.63) is 11.7 Å². The quantitative estimate of drug-likeness (QED) is 0.746. The van der Waals surface area contributed by atoms with E-state index in [1.165, 1.54) is 7.11 Å². The number of piperidine rings is 1. The first kappa shape index (κ1) is 13.0. The van der Waals surface area contributed by atoms with Crippen LogP contribution in [0.2, 0.25) is 0 Å². The fourth-order valence-corrected chi connectivity index (χ4v) is 2.26. The second-order valence-corrected chi connectivity index (χ2v) is 4.56. The van der Waals surface area contributed by atoms with Crippen LogP contribution in [0.3, 0.4) is 0 Å². The van der Waals surface area contributed by atoms with Crippen LogP contribution in [0.15, 0.2) is 4.52 Å². The van der Waals surface area contributed by atoms with Crippen LogP contribution in [0.5, 0.6) is 0 Å². The molecule has 0 N–H and O–H groups in total. The Bertz CT molecular complexity index is 405. The van der Waals surface area contributed by atoms with Crippen LogP contribution in [0.4, 0.5) is 0 Å². The van der Waals surface area contributed by atoms with Crippen LogP contribution < -0.4 is 0 Å². The van der Waals surface area contributed by atoms with E-state index < -0.39 is 0 Å². The van der Waals surface area contributed by atoms with Crippen LogP contribution in [0.1, 0.15) is 31.5 Å². The van der Waals surface area contributed by atoms with E-state index in [1.54, 1.807) is 0 Å². The van der Waals surface area contributed by atoms with Gasteiger partial charge in [0.15, 0.2) is 5.82 Å². The predicted octanol–water partition coefficient (Wildman–Crippen LogP) is 1.02. The summed E-state index contributed by atoms with van der Waals surface area (Å²) in [5, 5.41) is 3.93. The molecule has 1 aliphatic heterocycles. The number of esters is 1. The lowest BCUT2D eigenvalue weighted by molar-refractivity contribution is -0.147. The Hall–Kier alpha value is -1.43. The van der Waals surface area contributed by atoms with Crippen molar-refractivity contribution in [2.75, 3.05) is 20.2 Å². The average molecular weight is 253 g/mol. The van der Waals surface area contributed by atoms with E-state index in [2.05, 4.69) is 15.0 Å². The number of aromatic nitrogens is 2. The minimum absolute atomic E-state index is 0.0266. The molecule has 0 aliphatic carbocycles. The van der Waals surface area contributed by atoms with Crippen LogP contribution in [-0.4, -0.2) is 41.2 Å². The van der Waals surface area contributed by atoms with Gasteiger partial charge in [-0.2, -0.15) is 4.98 Å². The molecular formula is C12H19N3O3. The molecule has 0 aromatic carbocycles. The molecule has 100 valence electrons. The number of aryl methyl sites for hydroxylation is 1. The smallest absolute Gasteiger partial charge is 0.309 e. The van der Waals surface area contributed by atoms with Gasteiger partial charge >= 0.3 is 5.97 Å². The summed E-state index contributed by atoms with van der Waals surface area (Å²) in [7, 11) is 1.44. The van der Waals surface area contributed by atoms with Gasteiger partial charge in [0.1, 0.15) is 0 Å². The van der Waals surface area contributed by atoms with E-state index in [9.17, 15) is 4.79 Å². The molecule has 1 saturated heterocycles. The van der Waals surface area contributed by atoms with E-state index in [-0.39, 0.29) is 11.9 Å². The maximum Gasteiger partial charge on any atom is 0.309 e. The highest BCUT2D eigenvalue weighted by Gasteiger charge is 2.27. The third-order valence-corrected chi connectivity index (χ3v) is 3.22. The normalized spacial score (nSPS) is 20.9. The van der Waals surface area contributed by atoms with E-state index in [4.69, 9.17) is 9.26 Å². The van der Waals surface area contributed by atoms with Crippen molar-refractivity contribution in [2.45, 2.75) is 32.7 Å². The molecule has 1 aromatic rings. The van der Waals surface area contributed by atoms with Crippen LogP contribution in [-0.2, 0) is 22.5 Å². The molecule has 0 amide bonds. The lowest BCUT2D eigenvalue weighted by atomic mass is 9.98. The minimum atomic E-state index is -0.123. The van der Waals surface area contributed by atoms with Crippen molar-refractivity contribution < 1.29 is 14.1 Å². The van der Waals surface area contributed by atoms with Gasteiger partial charge in [0.05, 0.1) is 19.6 Å². The third kappa shape index (κ3) is 3.07. The third-order valence-electron chi connectivity index (χ3n) is 3.22. The highest BCUT2D eigenvalue weighted by molar-refractivity contribution is 5.72. The van der Waals surface area contributed by atoms with Gasteiger partial charge in [-0.3, -0.25) is 9.69 Å². The molecule has 1 fully saturated rings. The Morgan fingerprint density at radius 3 is 3.11 bits per heavy atom. The maximum absolute atomic E-state index is 11.5. The molecule has 2 rings (SSSR count). The first-order valence-electron chi connectivity index (χ1n) is 6.34. The number of likely N-dealkylation sites (tertiary alicyclic amines) is 1. The Kier molecular flexibility index (Phi) is 4.30. The molecule has 0 unspecified atom stereocenters. The van der Waals surface area contributed by atoms with Crippen LogP contribution in [0.25, 0.3) is 0 Å². The fraction of sp³-hybridized carbons (Fsp3) is 0.750. The number of carbonyl (C=O) groups is 1. The molecule has 18 heavy (non-hydrogen) atoms. The van der Waals surface area contributed by atoms with Gasteiger partial charge < -0.3 is 9.26 Å². The summed E-state index contributed by atoms with van der Waals surface area (Å²) >= 11 is 0. The SMILES string of the molecule is CCc1nc(CN2CCC[C@H](C(=O)OC)C2)no1. The number of hydrogen-bond acceptors (Lipinski definition) is 6. The van der Waals surface area contributed by atoms with Crippen LogP contribution >= 0.6 is 0 Å². The number of rotatable bonds is 4. The monoisotopic (exact) mass is 253 g/mol. The van der Waals surface area contributed by atoms with Gasteiger partial charge in [0, 0.05) is 13.0 Å². The van der Waals surface area contributed by atoms with Gasteiger partial charge in [-0.25, -0.2) is 0 Å². The molecule has 0 saturated carbocycles. The van der Waals surface area contributed by atoms with E-state index >= 15 is 0 Å². The predicted molar refractivity (Wildman–Crippen MR) is 63.7 cm³/mol. The first-order valence-corrected chi connectivity index (χ1v) is 6.34. The molecular weight excluding hydrogens is 234 g/mol. The summed E-state index contributed by atoms with van der Waals surface area (Å²) in [6.07, 6.45) is 2.64. The van der Waals surface area contributed by atoms with E-state index in [0.717, 1.165) is 25.8 Å². The Morgan fingerprint density at radius 1 is 1.61 bits per heavy atom. The molecule has 1 aromatic heterocycles. The molecule has 0 bridgehead atoms. The van der Waals surface area contributed by atoms with Gasteiger partial charge in [0.25, 0.3) is 0 Å². The van der Waals surface area contributed by atoms with E-state index in [0.29, 0.717) is 24.8 Å². The lowest BCUT2D eigenvalue weighted by Gasteiger charge is -2.30. The second-order valence-electron chi connectivity index (χ2n) is 4.56. The minimum Gasteiger partial charge on any atom is -0.469 e. The molecule has 0 spiro atoms. The Balaban J connectivity index is 1.91. The molecule has 6 heteroatoms. The van der Waals surface area contributed by atoms with Gasteiger partial charge in [-0.15, -0.1) is 0 Å². The van der Waals surface area contributed by atoms with Crippen LogP contribution in [0, 0.1) is 5.92 Å². The largest absolute Gasteiger partial charge is 0.469 e. The number of carbonyl (C=O) groups excluding carboxylic acids is 1. The summed E-state index contributed by atoms with van der Waals surface area (Å²) in [6.45, 7) is 4.29. The zero-order chi connectivity index (χ0) is 13.0. The average Bonchev–Trinajstić information content (AvgIpc) is 2.86. The number of ether oxygens (including phenoxy) is 1. The standard InChI is InChI=1S/C12H19N3O3/c1-3-11-13-10(14-18-11)8-15-6-4-5-9(7-15)12(16)17-2/h9H,3-8H2,1-2H3/t9-/m0/s1. The van der Waals surface area contributed by atoms with Crippen molar-refractivity contribution >= 4 is 5.97 Å². The number of nitrogens with zero attached hydrogens (tertiary/aromatic N) is 3. The molecule has 1 atom stereocenters. The van der Waals surface area contributed by atoms with Gasteiger partial charge in [0.2, 0.25) is 5.89 Å². The summed E-state index contributed by atoms with van der Waals surface area (Å²) in [5.41, 5.74) is 0.